The molecular weight excluding hydrogens is 365 g/mol. The van der Waals surface area contributed by atoms with E-state index in [1.807, 2.05) is 0 Å². The lowest BCUT2D eigenvalue weighted by molar-refractivity contribution is 0.0964. The standard InChI is InChI=1S/C20H18FN3O2S/c1-12-18(27-17(23-12)11-13-7-9-14(21)10-8-13)20(26)24-16-6-4-3-5-15(16)19(25)22-2/h3-10H,11H2,1-2H3,(H,22,25)(H,24,26). The molecule has 0 unspecified atom stereocenters. The normalized spacial score (nSPS) is 10.5. The average molecular weight is 383 g/mol. The Morgan fingerprint density at radius 2 is 1.78 bits per heavy atom. The lowest BCUT2D eigenvalue weighted by atomic mass is 10.1. The van der Waals surface area contributed by atoms with Gasteiger partial charge in [-0.25, -0.2) is 9.37 Å². The highest BCUT2D eigenvalue weighted by Crippen LogP contribution is 2.23. The Bertz CT molecular complexity index is 983. The lowest BCUT2D eigenvalue weighted by Gasteiger charge is -2.09. The van der Waals surface area contributed by atoms with E-state index in [4.69, 9.17) is 0 Å². The van der Waals surface area contributed by atoms with Crippen LogP contribution in [0.25, 0.3) is 0 Å². The second kappa shape index (κ2) is 8.09. The summed E-state index contributed by atoms with van der Waals surface area (Å²) in [7, 11) is 1.54. The number of hydrogen-bond acceptors (Lipinski definition) is 4. The smallest absolute Gasteiger partial charge is 0.267 e. The maximum atomic E-state index is 13.0. The van der Waals surface area contributed by atoms with Gasteiger partial charge < -0.3 is 10.6 Å². The predicted molar refractivity (Wildman–Crippen MR) is 104 cm³/mol. The molecule has 7 heteroatoms. The molecule has 2 amide bonds. The SMILES string of the molecule is CNC(=O)c1ccccc1NC(=O)c1sc(Cc2ccc(F)cc2)nc1C. The summed E-state index contributed by atoms with van der Waals surface area (Å²) >= 11 is 1.29. The number of thiazole rings is 1. The second-order valence-electron chi connectivity index (χ2n) is 5.90. The van der Waals surface area contributed by atoms with Gasteiger partial charge in [0.1, 0.15) is 10.7 Å². The maximum absolute atomic E-state index is 13.0. The number of aryl methyl sites for hydroxylation is 1. The third-order valence-electron chi connectivity index (χ3n) is 3.96. The van der Waals surface area contributed by atoms with Gasteiger partial charge in [-0.1, -0.05) is 24.3 Å². The molecule has 0 aliphatic heterocycles. The molecule has 27 heavy (non-hydrogen) atoms. The first kappa shape index (κ1) is 18.7. The number of hydrogen-bond donors (Lipinski definition) is 2. The van der Waals surface area contributed by atoms with Gasteiger partial charge in [-0.05, 0) is 36.8 Å². The molecule has 0 spiro atoms. The van der Waals surface area contributed by atoms with Gasteiger partial charge in [-0.2, -0.15) is 0 Å². The van der Waals surface area contributed by atoms with E-state index in [-0.39, 0.29) is 17.6 Å². The highest BCUT2D eigenvalue weighted by atomic mass is 32.1. The van der Waals surface area contributed by atoms with Crippen molar-refractivity contribution in [3.8, 4) is 0 Å². The summed E-state index contributed by atoms with van der Waals surface area (Å²) in [5, 5.41) is 6.11. The van der Waals surface area contributed by atoms with E-state index < -0.39 is 0 Å². The largest absolute Gasteiger partial charge is 0.355 e. The summed E-state index contributed by atoms with van der Waals surface area (Å²) in [5.41, 5.74) is 2.37. The molecule has 0 saturated carbocycles. The zero-order valence-corrected chi connectivity index (χ0v) is 15.7. The number of carbonyl (C=O) groups is 2. The predicted octanol–water partition coefficient (Wildman–Crippen LogP) is 3.79. The van der Waals surface area contributed by atoms with Gasteiger partial charge in [-0.3, -0.25) is 9.59 Å². The van der Waals surface area contributed by atoms with E-state index >= 15 is 0 Å². The van der Waals surface area contributed by atoms with Crippen LogP contribution in [0.4, 0.5) is 10.1 Å². The molecule has 1 heterocycles. The Labute approximate surface area is 160 Å². The molecule has 0 bridgehead atoms. The number of halogens is 1. The zero-order chi connectivity index (χ0) is 19.4. The Hall–Kier alpha value is -3.06. The van der Waals surface area contributed by atoms with Gasteiger partial charge in [0.15, 0.2) is 0 Å². The molecule has 1 aromatic heterocycles. The molecule has 0 aliphatic rings. The molecule has 3 rings (SSSR count). The monoisotopic (exact) mass is 383 g/mol. The molecule has 138 valence electrons. The van der Waals surface area contributed by atoms with Crippen LogP contribution < -0.4 is 10.6 Å². The van der Waals surface area contributed by atoms with Crippen molar-refractivity contribution in [2.24, 2.45) is 0 Å². The summed E-state index contributed by atoms with van der Waals surface area (Å²) in [5.74, 6) is -0.875. The van der Waals surface area contributed by atoms with E-state index in [2.05, 4.69) is 15.6 Å². The van der Waals surface area contributed by atoms with Crippen molar-refractivity contribution in [1.29, 1.82) is 0 Å². The Morgan fingerprint density at radius 3 is 2.48 bits per heavy atom. The van der Waals surface area contributed by atoms with Gasteiger partial charge in [-0.15, -0.1) is 11.3 Å². The first-order valence-corrected chi connectivity index (χ1v) is 9.13. The molecular formula is C20H18FN3O2S. The number of aromatic nitrogens is 1. The van der Waals surface area contributed by atoms with Gasteiger partial charge >= 0.3 is 0 Å². The van der Waals surface area contributed by atoms with Crippen LogP contribution in [0.1, 0.15) is 36.3 Å². The van der Waals surface area contributed by atoms with Crippen LogP contribution in [0.15, 0.2) is 48.5 Å². The van der Waals surface area contributed by atoms with Crippen LogP contribution >= 0.6 is 11.3 Å². The fourth-order valence-corrected chi connectivity index (χ4v) is 3.61. The number of para-hydroxylation sites is 1. The Morgan fingerprint density at radius 1 is 1.07 bits per heavy atom. The first-order chi connectivity index (χ1) is 13.0. The van der Waals surface area contributed by atoms with Crippen LogP contribution in [0.2, 0.25) is 0 Å². The summed E-state index contributed by atoms with van der Waals surface area (Å²) in [6, 6.07) is 13.0. The summed E-state index contributed by atoms with van der Waals surface area (Å²) < 4.78 is 13.0. The third-order valence-corrected chi connectivity index (χ3v) is 5.12. The zero-order valence-electron chi connectivity index (χ0n) is 14.9. The molecule has 3 aromatic rings. The number of rotatable bonds is 5. The van der Waals surface area contributed by atoms with Crippen molar-refractivity contribution >= 4 is 28.8 Å². The van der Waals surface area contributed by atoms with Gasteiger partial charge in [0.25, 0.3) is 11.8 Å². The molecule has 2 aromatic carbocycles. The minimum Gasteiger partial charge on any atom is -0.355 e. The molecule has 5 nitrogen and oxygen atoms in total. The van der Waals surface area contributed by atoms with Crippen molar-refractivity contribution in [2.75, 3.05) is 12.4 Å². The number of nitrogens with one attached hydrogen (secondary N) is 2. The highest BCUT2D eigenvalue weighted by molar-refractivity contribution is 7.14. The fraction of sp³-hybridized carbons (Fsp3) is 0.150. The minimum atomic E-state index is -0.313. The van der Waals surface area contributed by atoms with E-state index in [1.165, 1.54) is 30.5 Å². The number of nitrogens with zero attached hydrogens (tertiary/aromatic N) is 1. The number of anilines is 1. The Balaban J connectivity index is 1.79. The number of carbonyl (C=O) groups excluding carboxylic acids is 2. The second-order valence-corrected chi connectivity index (χ2v) is 6.99. The topological polar surface area (TPSA) is 71.1 Å². The fourth-order valence-electron chi connectivity index (χ4n) is 2.62. The molecule has 0 aliphatic carbocycles. The minimum absolute atomic E-state index is 0.274. The molecule has 0 saturated heterocycles. The van der Waals surface area contributed by atoms with Crippen molar-refractivity contribution in [3.05, 3.63) is 81.1 Å². The van der Waals surface area contributed by atoms with Crippen LogP contribution in [-0.4, -0.2) is 23.8 Å². The third kappa shape index (κ3) is 4.38. The average Bonchev–Trinajstić information content (AvgIpc) is 3.03. The molecule has 0 fully saturated rings. The number of amides is 2. The van der Waals surface area contributed by atoms with Crippen molar-refractivity contribution in [3.63, 3.8) is 0 Å². The van der Waals surface area contributed by atoms with Crippen LogP contribution in [0.3, 0.4) is 0 Å². The van der Waals surface area contributed by atoms with Crippen LogP contribution in [0, 0.1) is 12.7 Å². The maximum Gasteiger partial charge on any atom is 0.267 e. The summed E-state index contributed by atoms with van der Waals surface area (Å²) in [6.07, 6.45) is 0.522. The van der Waals surface area contributed by atoms with E-state index in [9.17, 15) is 14.0 Å². The molecule has 0 radical (unpaired) electrons. The van der Waals surface area contributed by atoms with Crippen LogP contribution in [0.5, 0.6) is 0 Å². The van der Waals surface area contributed by atoms with Crippen LogP contribution in [-0.2, 0) is 6.42 Å². The van der Waals surface area contributed by atoms with Crippen molar-refractivity contribution < 1.29 is 14.0 Å². The van der Waals surface area contributed by atoms with Gasteiger partial charge in [0.2, 0.25) is 0 Å². The first-order valence-electron chi connectivity index (χ1n) is 8.31. The van der Waals surface area contributed by atoms with Gasteiger partial charge in [0.05, 0.1) is 22.0 Å². The van der Waals surface area contributed by atoms with E-state index in [0.717, 1.165) is 10.6 Å². The lowest BCUT2D eigenvalue weighted by Crippen LogP contribution is -2.21. The molecule has 0 atom stereocenters. The highest BCUT2D eigenvalue weighted by Gasteiger charge is 2.18. The number of benzene rings is 2. The molecule has 2 N–H and O–H groups in total. The quantitative estimate of drug-likeness (QED) is 0.704. The van der Waals surface area contributed by atoms with E-state index in [0.29, 0.717) is 28.2 Å². The Kier molecular flexibility index (Phi) is 5.61. The summed E-state index contributed by atoms with van der Waals surface area (Å²) in [6.45, 7) is 1.77. The summed E-state index contributed by atoms with van der Waals surface area (Å²) in [4.78, 5) is 29.6. The van der Waals surface area contributed by atoms with E-state index in [1.54, 1.807) is 43.3 Å². The van der Waals surface area contributed by atoms with Crippen molar-refractivity contribution in [2.45, 2.75) is 13.3 Å². The van der Waals surface area contributed by atoms with Gasteiger partial charge in [0, 0.05) is 13.5 Å². The van der Waals surface area contributed by atoms with Crippen molar-refractivity contribution in [1.82, 2.24) is 10.3 Å².